The highest BCUT2D eigenvalue weighted by atomic mass is 16.4. The third-order valence-corrected chi connectivity index (χ3v) is 5.79. The van der Waals surface area contributed by atoms with Crippen molar-refractivity contribution in [3.63, 3.8) is 0 Å². The maximum Gasteiger partial charge on any atom is 0.307 e. The van der Waals surface area contributed by atoms with Gasteiger partial charge >= 0.3 is 5.97 Å². The molecule has 0 unspecified atom stereocenters. The number of amides is 1. The molecule has 3 aliphatic carbocycles. The van der Waals surface area contributed by atoms with Crippen LogP contribution in [0.5, 0.6) is 0 Å². The van der Waals surface area contributed by atoms with Gasteiger partial charge < -0.3 is 10.4 Å². The minimum atomic E-state index is -0.769. The average Bonchev–Trinajstić information content (AvgIpc) is 3.06. The first-order valence-corrected chi connectivity index (χ1v) is 8.17. The maximum absolute atomic E-state index is 12.4. The molecule has 3 aliphatic rings. The minimum absolute atomic E-state index is 0.00942. The number of hydrogen-bond donors (Lipinski definition) is 2. The molecule has 2 N–H and O–H groups in total. The molecule has 0 spiro atoms. The van der Waals surface area contributed by atoms with Gasteiger partial charge in [-0.3, -0.25) is 9.59 Å². The second kappa shape index (κ2) is 5.74. The van der Waals surface area contributed by atoms with Crippen molar-refractivity contribution < 1.29 is 14.7 Å². The summed E-state index contributed by atoms with van der Waals surface area (Å²) in [6.07, 6.45) is 9.25. The number of aliphatic carboxylic acids is 1. The SMILES string of the molecule is O=C(NCC1CCCCC1)[C@@H]1[C@H]2CC[C@@H](C2)[C@@H]1C(=O)O. The highest BCUT2D eigenvalue weighted by molar-refractivity contribution is 5.86. The van der Waals surface area contributed by atoms with Gasteiger partial charge in [0.25, 0.3) is 0 Å². The summed E-state index contributed by atoms with van der Waals surface area (Å²) >= 11 is 0. The van der Waals surface area contributed by atoms with Gasteiger partial charge in [0, 0.05) is 6.54 Å². The monoisotopic (exact) mass is 279 g/mol. The van der Waals surface area contributed by atoms with E-state index in [1.54, 1.807) is 0 Å². The summed E-state index contributed by atoms with van der Waals surface area (Å²) in [5, 5.41) is 12.5. The second-order valence-electron chi connectivity index (χ2n) is 6.97. The molecule has 0 aliphatic heterocycles. The predicted molar refractivity (Wildman–Crippen MR) is 75.0 cm³/mol. The molecule has 0 aromatic heterocycles. The lowest BCUT2D eigenvalue weighted by Gasteiger charge is -2.28. The van der Waals surface area contributed by atoms with E-state index < -0.39 is 11.9 Å². The maximum atomic E-state index is 12.4. The number of carbonyl (C=O) groups is 2. The number of carboxylic acid groups (broad SMARTS) is 1. The largest absolute Gasteiger partial charge is 0.481 e. The zero-order valence-electron chi connectivity index (χ0n) is 12.0. The Hall–Kier alpha value is -1.06. The van der Waals surface area contributed by atoms with Crippen molar-refractivity contribution in [3.8, 4) is 0 Å². The molecule has 0 radical (unpaired) electrons. The summed E-state index contributed by atoms with van der Waals surface area (Å²) < 4.78 is 0. The first-order valence-electron chi connectivity index (χ1n) is 8.17. The Balaban J connectivity index is 1.57. The molecular weight excluding hydrogens is 254 g/mol. The number of hydrogen-bond acceptors (Lipinski definition) is 2. The normalized spacial score (nSPS) is 37.0. The quantitative estimate of drug-likeness (QED) is 0.830. The summed E-state index contributed by atoms with van der Waals surface area (Å²) in [5.41, 5.74) is 0. The van der Waals surface area contributed by atoms with Crippen LogP contribution in [-0.2, 0) is 9.59 Å². The zero-order valence-corrected chi connectivity index (χ0v) is 12.0. The summed E-state index contributed by atoms with van der Waals surface area (Å²) in [6, 6.07) is 0. The Kier molecular flexibility index (Phi) is 3.99. The third-order valence-electron chi connectivity index (χ3n) is 5.79. The van der Waals surface area contributed by atoms with Gasteiger partial charge in [-0.2, -0.15) is 0 Å². The van der Waals surface area contributed by atoms with E-state index >= 15 is 0 Å². The van der Waals surface area contributed by atoms with Gasteiger partial charge in [-0.25, -0.2) is 0 Å². The van der Waals surface area contributed by atoms with Crippen LogP contribution in [0.4, 0.5) is 0 Å². The molecule has 112 valence electrons. The van der Waals surface area contributed by atoms with E-state index in [4.69, 9.17) is 0 Å². The Bertz CT molecular complexity index is 389. The Labute approximate surface area is 120 Å². The van der Waals surface area contributed by atoms with Crippen LogP contribution in [0.3, 0.4) is 0 Å². The first kappa shape index (κ1) is 13.9. The average molecular weight is 279 g/mol. The summed E-state index contributed by atoms with van der Waals surface area (Å²) in [6.45, 7) is 0.749. The predicted octanol–water partition coefficient (Wildman–Crippen LogP) is 2.43. The lowest BCUT2D eigenvalue weighted by Crippen LogP contribution is -2.42. The molecule has 2 bridgehead atoms. The van der Waals surface area contributed by atoms with Crippen LogP contribution in [0.1, 0.15) is 51.4 Å². The molecular formula is C16H25NO3. The van der Waals surface area contributed by atoms with Crippen LogP contribution < -0.4 is 5.32 Å². The van der Waals surface area contributed by atoms with Crippen molar-refractivity contribution in [2.24, 2.45) is 29.6 Å². The van der Waals surface area contributed by atoms with Crippen molar-refractivity contribution >= 4 is 11.9 Å². The fraction of sp³-hybridized carbons (Fsp3) is 0.875. The molecule has 3 fully saturated rings. The highest BCUT2D eigenvalue weighted by Gasteiger charge is 2.53. The van der Waals surface area contributed by atoms with Gasteiger partial charge in [-0.1, -0.05) is 19.3 Å². The summed E-state index contributed by atoms with van der Waals surface area (Å²) in [4.78, 5) is 23.9. The molecule has 4 heteroatoms. The number of carboxylic acids is 1. The summed E-state index contributed by atoms with van der Waals surface area (Å²) in [5.74, 6) is -0.301. The van der Waals surface area contributed by atoms with E-state index in [0.717, 1.165) is 25.8 Å². The van der Waals surface area contributed by atoms with Crippen molar-refractivity contribution in [3.05, 3.63) is 0 Å². The molecule has 0 aromatic carbocycles. The van der Waals surface area contributed by atoms with E-state index in [2.05, 4.69) is 5.32 Å². The van der Waals surface area contributed by atoms with Crippen LogP contribution in [0.25, 0.3) is 0 Å². The molecule has 4 atom stereocenters. The van der Waals surface area contributed by atoms with Crippen molar-refractivity contribution in [2.75, 3.05) is 6.54 Å². The van der Waals surface area contributed by atoms with Crippen LogP contribution in [0, 0.1) is 29.6 Å². The van der Waals surface area contributed by atoms with E-state index in [0.29, 0.717) is 11.8 Å². The Morgan fingerprint density at radius 2 is 1.60 bits per heavy atom. The van der Waals surface area contributed by atoms with E-state index in [-0.39, 0.29) is 17.7 Å². The van der Waals surface area contributed by atoms with Crippen molar-refractivity contribution in [1.29, 1.82) is 0 Å². The van der Waals surface area contributed by atoms with E-state index in [9.17, 15) is 14.7 Å². The molecule has 20 heavy (non-hydrogen) atoms. The van der Waals surface area contributed by atoms with Crippen LogP contribution in [-0.4, -0.2) is 23.5 Å². The van der Waals surface area contributed by atoms with Crippen molar-refractivity contribution in [1.82, 2.24) is 5.32 Å². The van der Waals surface area contributed by atoms with Gasteiger partial charge in [-0.05, 0) is 49.9 Å². The van der Waals surface area contributed by atoms with E-state index in [1.165, 1.54) is 32.1 Å². The fourth-order valence-electron chi connectivity index (χ4n) is 4.78. The Morgan fingerprint density at radius 1 is 0.950 bits per heavy atom. The number of fused-ring (bicyclic) bond motifs is 2. The van der Waals surface area contributed by atoms with Gasteiger partial charge in [0.05, 0.1) is 11.8 Å². The van der Waals surface area contributed by atoms with Crippen LogP contribution in [0.15, 0.2) is 0 Å². The van der Waals surface area contributed by atoms with Crippen LogP contribution >= 0.6 is 0 Å². The zero-order chi connectivity index (χ0) is 14.1. The van der Waals surface area contributed by atoms with Crippen LogP contribution in [0.2, 0.25) is 0 Å². The minimum Gasteiger partial charge on any atom is -0.481 e. The lowest BCUT2D eigenvalue weighted by molar-refractivity contribution is -0.149. The lowest BCUT2D eigenvalue weighted by atomic mass is 9.78. The van der Waals surface area contributed by atoms with Gasteiger partial charge in [-0.15, -0.1) is 0 Å². The standard InChI is InChI=1S/C16H25NO3/c18-15(17-9-10-4-2-1-3-5-10)13-11-6-7-12(8-11)14(13)16(19)20/h10-14H,1-9H2,(H,17,18)(H,19,20)/t11-,12-,13+,14-/m0/s1. The van der Waals surface area contributed by atoms with Gasteiger partial charge in [0.1, 0.15) is 0 Å². The van der Waals surface area contributed by atoms with Gasteiger partial charge in [0.2, 0.25) is 5.91 Å². The third kappa shape index (κ3) is 2.57. The molecule has 0 aromatic rings. The first-order chi connectivity index (χ1) is 9.66. The molecule has 1 amide bonds. The second-order valence-corrected chi connectivity index (χ2v) is 6.97. The highest BCUT2D eigenvalue weighted by Crippen LogP contribution is 2.52. The molecule has 4 nitrogen and oxygen atoms in total. The number of rotatable bonds is 4. The van der Waals surface area contributed by atoms with E-state index in [1.807, 2.05) is 0 Å². The molecule has 3 saturated carbocycles. The van der Waals surface area contributed by atoms with Gasteiger partial charge in [0.15, 0.2) is 0 Å². The number of nitrogens with one attached hydrogen (secondary N) is 1. The molecule has 0 heterocycles. The smallest absolute Gasteiger partial charge is 0.307 e. The van der Waals surface area contributed by atoms with Crippen molar-refractivity contribution in [2.45, 2.75) is 51.4 Å². The fourth-order valence-corrected chi connectivity index (χ4v) is 4.78. The molecule has 3 rings (SSSR count). The summed E-state index contributed by atoms with van der Waals surface area (Å²) in [7, 11) is 0. The molecule has 0 saturated heterocycles. The number of carbonyl (C=O) groups excluding carboxylic acids is 1. The Morgan fingerprint density at radius 3 is 2.25 bits per heavy atom. The topological polar surface area (TPSA) is 66.4 Å².